The van der Waals surface area contributed by atoms with Gasteiger partial charge in [0.25, 0.3) is 0 Å². The van der Waals surface area contributed by atoms with Crippen molar-refractivity contribution in [2.24, 2.45) is 5.92 Å². The van der Waals surface area contributed by atoms with E-state index in [9.17, 15) is 0 Å². The summed E-state index contributed by atoms with van der Waals surface area (Å²) in [5.74, 6) is 2.06. The van der Waals surface area contributed by atoms with Crippen LogP contribution >= 0.6 is 11.3 Å². The molecule has 4 nitrogen and oxygen atoms in total. The maximum atomic E-state index is 4.90. The van der Waals surface area contributed by atoms with Crippen molar-refractivity contribution in [2.75, 3.05) is 18.0 Å². The van der Waals surface area contributed by atoms with Crippen LogP contribution in [0.15, 0.2) is 11.6 Å². The molecule has 0 aromatic carbocycles. The number of hydrogen-bond acceptors (Lipinski definition) is 4. The fraction of sp³-hybridized carbons (Fsp3) is 0.688. The average Bonchev–Trinajstić information content (AvgIpc) is 2.96. The van der Waals surface area contributed by atoms with E-state index in [0.29, 0.717) is 6.04 Å². The third kappa shape index (κ3) is 3.09. The van der Waals surface area contributed by atoms with Crippen molar-refractivity contribution in [1.29, 1.82) is 0 Å². The molecule has 0 saturated heterocycles. The lowest BCUT2D eigenvalue weighted by Gasteiger charge is -2.32. The molecule has 0 aliphatic heterocycles. The molecule has 116 valence electrons. The van der Waals surface area contributed by atoms with E-state index >= 15 is 0 Å². The summed E-state index contributed by atoms with van der Waals surface area (Å²) in [6.07, 6.45) is 6.32. The number of hydrogen-bond donors (Lipinski definition) is 1. The molecular weight excluding hydrogens is 280 g/mol. The third-order valence-electron chi connectivity index (χ3n) is 4.40. The van der Waals surface area contributed by atoms with Gasteiger partial charge in [-0.1, -0.05) is 20.3 Å². The minimum atomic E-state index is 0.490. The second-order valence-corrected chi connectivity index (χ2v) is 7.18. The molecule has 0 radical (unpaired) electrons. The van der Waals surface area contributed by atoms with Gasteiger partial charge in [0.05, 0.1) is 5.69 Å². The third-order valence-corrected chi connectivity index (χ3v) is 5.16. The maximum absolute atomic E-state index is 4.90. The Balaban J connectivity index is 1.87. The highest BCUT2D eigenvalue weighted by Crippen LogP contribution is 2.31. The summed E-state index contributed by atoms with van der Waals surface area (Å²) in [6.45, 7) is 9.71. The molecule has 3 rings (SSSR count). The number of rotatable bonds is 7. The molecule has 21 heavy (non-hydrogen) atoms. The van der Waals surface area contributed by atoms with Gasteiger partial charge >= 0.3 is 0 Å². The predicted molar refractivity (Wildman–Crippen MR) is 90.3 cm³/mol. The number of imidazole rings is 1. The molecule has 0 spiro atoms. The summed E-state index contributed by atoms with van der Waals surface area (Å²) in [7, 11) is 0. The van der Waals surface area contributed by atoms with E-state index in [1.807, 2.05) is 0 Å². The molecule has 1 aliphatic rings. The zero-order chi connectivity index (χ0) is 14.8. The highest BCUT2D eigenvalue weighted by molar-refractivity contribution is 7.15. The molecule has 2 aromatic rings. The van der Waals surface area contributed by atoms with Gasteiger partial charge in [0.15, 0.2) is 10.8 Å². The van der Waals surface area contributed by atoms with Crippen LogP contribution in [0.5, 0.6) is 0 Å². The highest BCUT2D eigenvalue weighted by Gasteiger charge is 2.24. The van der Waals surface area contributed by atoms with Gasteiger partial charge < -0.3 is 10.2 Å². The molecule has 1 aliphatic carbocycles. The van der Waals surface area contributed by atoms with Gasteiger partial charge in [-0.05, 0) is 25.7 Å². The van der Waals surface area contributed by atoms with Gasteiger partial charge in [0, 0.05) is 37.3 Å². The Labute approximate surface area is 131 Å². The van der Waals surface area contributed by atoms with Crippen LogP contribution in [0.3, 0.4) is 0 Å². The summed E-state index contributed by atoms with van der Waals surface area (Å²) in [6, 6.07) is 0.490. The molecule has 0 amide bonds. The zero-order valence-electron chi connectivity index (χ0n) is 13.3. The van der Waals surface area contributed by atoms with Gasteiger partial charge in [-0.2, -0.15) is 0 Å². The van der Waals surface area contributed by atoms with E-state index in [2.05, 4.69) is 47.0 Å². The lowest BCUT2D eigenvalue weighted by molar-refractivity contribution is 0.318. The summed E-state index contributed by atoms with van der Waals surface area (Å²) < 4.78 is 2.25. The molecule has 2 aromatic heterocycles. The molecule has 0 bridgehead atoms. The summed E-state index contributed by atoms with van der Waals surface area (Å²) in [4.78, 5) is 8.48. The van der Waals surface area contributed by atoms with E-state index in [1.54, 1.807) is 11.3 Å². The summed E-state index contributed by atoms with van der Waals surface area (Å²) in [5, 5.41) is 5.67. The van der Waals surface area contributed by atoms with Crippen LogP contribution in [-0.2, 0) is 6.54 Å². The molecule has 0 unspecified atom stereocenters. The zero-order valence-corrected chi connectivity index (χ0v) is 14.1. The first-order chi connectivity index (χ1) is 10.2. The van der Waals surface area contributed by atoms with Crippen LogP contribution in [0.2, 0.25) is 0 Å². The topological polar surface area (TPSA) is 32.6 Å². The van der Waals surface area contributed by atoms with E-state index in [4.69, 9.17) is 4.98 Å². The second kappa shape index (κ2) is 6.36. The van der Waals surface area contributed by atoms with Crippen LogP contribution in [0.25, 0.3) is 4.96 Å². The lowest BCUT2D eigenvalue weighted by atomic mass is 9.85. The molecule has 5 heteroatoms. The molecule has 0 atom stereocenters. The SMILES string of the molecule is CCN(CC1CCC1)c1nc2sccn2c1CNC(C)C. The normalized spacial score (nSPS) is 15.8. The van der Waals surface area contributed by atoms with E-state index < -0.39 is 0 Å². The molecular formula is C16H26N4S. The molecule has 1 fully saturated rings. The van der Waals surface area contributed by atoms with Crippen molar-refractivity contribution in [3.8, 4) is 0 Å². The van der Waals surface area contributed by atoms with Gasteiger partial charge in [-0.15, -0.1) is 11.3 Å². The van der Waals surface area contributed by atoms with Crippen LogP contribution in [0, 0.1) is 5.92 Å². The summed E-state index contributed by atoms with van der Waals surface area (Å²) in [5.41, 5.74) is 1.31. The number of anilines is 1. The smallest absolute Gasteiger partial charge is 0.195 e. The average molecular weight is 306 g/mol. The summed E-state index contributed by atoms with van der Waals surface area (Å²) >= 11 is 1.72. The van der Waals surface area contributed by atoms with Gasteiger partial charge in [0.2, 0.25) is 0 Å². The van der Waals surface area contributed by atoms with Crippen LogP contribution in [0.1, 0.15) is 45.7 Å². The number of nitrogens with zero attached hydrogens (tertiary/aromatic N) is 3. The van der Waals surface area contributed by atoms with Gasteiger partial charge in [-0.3, -0.25) is 4.40 Å². The standard InChI is InChI=1S/C16H26N4S/c1-4-19(11-13-6-5-7-13)15-14(10-17-12(2)3)20-8-9-21-16(20)18-15/h8-9,12-13,17H,4-7,10-11H2,1-3H3. The van der Waals surface area contributed by atoms with E-state index in [-0.39, 0.29) is 0 Å². The van der Waals surface area contributed by atoms with Crippen molar-refractivity contribution >= 4 is 22.1 Å². The Kier molecular flexibility index (Phi) is 4.50. The molecule has 2 heterocycles. The minimum absolute atomic E-state index is 0.490. The highest BCUT2D eigenvalue weighted by atomic mass is 32.1. The number of aromatic nitrogens is 2. The Hall–Kier alpha value is -1.07. The van der Waals surface area contributed by atoms with Crippen LogP contribution in [0.4, 0.5) is 5.82 Å². The monoisotopic (exact) mass is 306 g/mol. The minimum Gasteiger partial charge on any atom is -0.355 e. The number of nitrogens with one attached hydrogen (secondary N) is 1. The van der Waals surface area contributed by atoms with E-state index in [1.165, 1.54) is 30.8 Å². The Morgan fingerprint density at radius 3 is 2.90 bits per heavy atom. The van der Waals surface area contributed by atoms with E-state index in [0.717, 1.165) is 30.5 Å². The first-order valence-corrected chi connectivity index (χ1v) is 8.99. The van der Waals surface area contributed by atoms with Crippen molar-refractivity contribution in [3.05, 3.63) is 17.3 Å². The maximum Gasteiger partial charge on any atom is 0.195 e. The Bertz CT molecular complexity index is 582. The quantitative estimate of drug-likeness (QED) is 0.849. The van der Waals surface area contributed by atoms with Crippen molar-refractivity contribution < 1.29 is 0 Å². The predicted octanol–water partition coefficient (Wildman–Crippen LogP) is 3.52. The molecule has 1 N–H and O–H groups in total. The first-order valence-electron chi connectivity index (χ1n) is 8.11. The van der Waals surface area contributed by atoms with Crippen LogP contribution in [-0.4, -0.2) is 28.5 Å². The fourth-order valence-corrected chi connectivity index (χ4v) is 3.62. The van der Waals surface area contributed by atoms with Crippen molar-refractivity contribution in [1.82, 2.24) is 14.7 Å². The van der Waals surface area contributed by atoms with Gasteiger partial charge in [0.1, 0.15) is 0 Å². The largest absolute Gasteiger partial charge is 0.355 e. The van der Waals surface area contributed by atoms with Crippen LogP contribution < -0.4 is 10.2 Å². The molecule has 1 saturated carbocycles. The second-order valence-electron chi connectivity index (χ2n) is 6.31. The number of thiazole rings is 1. The number of fused-ring (bicyclic) bond motifs is 1. The fourth-order valence-electron chi connectivity index (χ4n) is 2.89. The lowest BCUT2D eigenvalue weighted by Crippen LogP contribution is -2.34. The Morgan fingerprint density at radius 2 is 2.29 bits per heavy atom. The van der Waals surface area contributed by atoms with Crippen molar-refractivity contribution in [2.45, 2.75) is 52.6 Å². The first kappa shape index (κ1) is 14.9. The van der Waals surface area contributed by atoms with Crippen molar-refractivity contribution in [3.63, 3.8) is 0 Å². The Morgan fingerprint density at radius 1 is 1.48 bits per heavy atom. The van der Waals surface area contributed by atoms with Gasteiger partial charge in [-0.25, -0.2) is 4.98 Å².